The van der Waals surface area contributed by atoms with E-state index in [1.807, 2.05) is 13.8 Å². The maximum absolute atomic E-state index is 6.07. The third kappa shape index (κ3) is 6.25. The fraction of sp³-hybridized carbons (Fsp3) is 0.533. The molecule has 0 heterocycles. The standard InChI is InChI=1S/C15H23ClN2O3S/c1-10(2)21-7-5-6-17-15(22)18-12-9-13(19-3)11(16)8-14(12)20-4/h8-10H,5-7H2,1-4H3,(H2,17,18,22). The first-order chi connectivity index (χ1) is 10.5. The number of rotatable bonds is 8. The summed E-state index contributed by atoms with van der Waals surface area (Å²) in [5.41, 5.74) is 0.694. The zero-order valence-electron chi connectivity index (χ0n) is 13.4. The number of hydrogen-bond donors (Lipinski definition) is 2. The van der Waals surface area contributed by atoms with Crippen LogP contribution in [0.3, 0.4) is 0 Å². The maximum Gasteiger partial charge on any atom is 0.170 e. The van der Waals surface area contributed by atoms with Crippen LogP contribution in [0.1, 0.15) is 20.3 Å². The van der Waals surface area contributed by atoms with Gasteiger partial charge in [0.2, 0.25) is 0 Å². The molecule has 124 valence electrons. The molecule has 0 aliphatic heterocycles. The van der Waals surface area contributed by atoms with Gasteiger partial charge in [0.1, 0.15) is 11.5 Å². The normalized spacial score (nSPS) is 10.5. The van der Waals surface area contributed by atoms with Crippen LogP contribution in [0.4, 0.5) is 5.69 Å². The van der Waals surface area contributed by atoms with Crippen molar-refractivity contribution >= 4 is 34.6 Å². The second kappa shape index (κ2) is 9.71. The predicted molar refractivity (Wildman–Crippen MR) is 94.5 cm³/mol. The van der Waals surface area contributed by atoms with Gasteiger partial charge >= 0.3 is 0 Å². The summed E-state index contributed by atoms with van der Waals surface area (Å²) in [5.74, 6) is 1.15. The molecule has 0 bridgehead atoms. The molecule has 0 fully saturated rings. The highest BCUT2D eigenvalue weighted by Crippen LogP contribution is 2.35. The highest BCUT2D eigenvalue weighted by Gasteiger charge is 2.11. The molecule has 0 aromatic heterocycles. The van der Waals surface area contributed by atoms with Crippen molar-refractivity contribution in [3.8, 4) is 11.5 Å². The number of ether oxygens (including phenoxy) is 3. The van der Waals surface area contributed by atoms with Crippen LogP contribution < -0.4 is 20.1 Å². The number of methoxy groups -OCH3 is 2. The van der Waals surface area contributed by atoms with Crippen LogP contribution in [0.25, 0.3) is 0 Å². The van der Waals surface area contributed by atoms with E-state index in [1.54, 1.807) is 26.4 Å². The minimum Gasteiger partial charge on any atom is -0.495 e. The Morgan fingerprint density at radius 3 is 2.50 bits per heavy atom. The molecule has 0 saturated carbocycles. The molecule has 0 saturated heterocycles. The Bertz CT molecular complexity index is 498. The molecule has 1 aromatic rings. The summed E-state index contributed by atoms with van der Waals surface area (Å²) in [4.78, 5) is 0. The largest absolute Gasteiger partial charge is 0.495 e. The molecule has 0 aliphatic rings. The van der Waals surface area contributed by atoms with Crippen molar-refractivity contribution < 1.29 is 14.2 Å². The molecular weight excluding hydrogens is 324 g/mol. The van der Waals surface area contributed by atoms with Crippen LogP contribution in [-0.4, -0.2) is 38.6 Å². The van der Waals surface area contributed by atoms with Gasteiger partial charge in [0.05, 0.1) is 31.0 Å². The van der Waals surface area contributed by atoms with E-state index in [-0.39, 0.29) is 6.10 Å². The van der Waals surface area contributed by atoms with Gasteiger partial charge in [-0.2, -0.15) is 0 Å². The number of halogens is 1. The van der Waals surface area contributed by atoms with E-state index in [1.165, 1.54) is 0 Å². The van der Waals surface area contributed by atoms with Gasteiger partial charge in [-0.15, -0.1) is 0 Å². The highest BCUT2D eigenvalue weighted by molar-refractivity contribution is 7.80. The van der Waals surface area contributed by atoms with Gasteiger partial charge in [-0.25, -0.2) is 0 Å². The van der Waals surface area contributed by atoms with Crippen molar-refractivity contribution in [1.29, 1.82) is 0 Å². The molecule has 1 aromatic carbocycles. The number of benzene rings is 1. The van der Waals surface area contributed by atoms with Crippen LogP contribution in [0, 0.1) is 0 Å². The second-order valence-corrected chi connectivity index (χ2v) is 5.66. The summed E-state index contributed by atoms with van der Waals surface area (Å²) in [6, 6.07) is 3.43. The van der Waals surface area contributed by atoms with Gasteiger partial charge in [0.25, 0.3) is 0 Å². The predicted octanol–water partition coefficient (Wildman–Crippen LogP) is 3.46. The van der Waals surface area contributed by atoms with Crippen LogP contribution in [-0.2, 0) is 4.74 Å². The molecule has 0 radical (unpaired) electrons. The lowest BCUT2D eigenvalue weighted by atomic mass is 10.2. The van der Waals surface area contributed by atoms with Crippen LogP contribution in [0.15, 0.2) is 12.1 Å². The number of thiocarbonyl (C=S) groups is 1. The topological polar surface area (TPSA) is 51.8 Å². The Morgan fingerprint density at radius 2 is 1.91 bits per heavy atom. The van der Waals surface area contributed by atoms with E-state index in [4.69, 9.17) is 38.0 Å². The minimum atomic E-state index is 0.246. The maximum atomic E-state index is 6.07. The summed E-state index contributed by atoms with van der Waals surface area (Å²) in [6.45, 7) is 5.45. The first kappa shape index (κ1) is 18.8. The number of hydrogen-bond acceptors (Lipinski definition) is 4. The van der Waals surface area contributed by atoms with Gasteiger partial charge in [0.15, 0.2) is 5.11 Å². The summed E-state index contributed by atoms with van der Waals surface area (Å²) in [6.07, 6.45) is 1.12. The van der Waals surface area contributed by atoms with Crippen molar-refractivity contribution in [2.75, 3.05) is 32.7 Å². The van der Waals surface area contributed by atoms with E-state index in [0.29, 0.717) is 33.9 Å². The van der Waals surface area contributed by atoms with Crippen molar-refractivity contribution in [2.24, 2.45) is 0 Å². The third-order valence-corrected chi connectivity index (χ3v) is 3.32. The van der Waals surface area contributed by atoms with Crippen molar-refractivity contribution in [3.63, 3.8) is 0 Å². The fourth-order valence-electron chi connectivity index (χ4n) is 1.72. The smallest absolute Gasteiger partial charge is 0.170 e. The molecule has 0 amide bonds. The lowest BCUT2D eigenvalue weighted by Crippen LogP contribution is -2.30. The first-order valence-electron chi connectivity index (χ1n) is 7.06. The monoisotopic (exact) mass is 346 g/mol. The van der Waals surface area contributed by atoms with Crippen molar-refractivity contribution in [2.45, 2.75) is 26.4 Å². The van der Waals surface area contributed by atoms with E-state index >= 15 is 0 Å². The summed E-state index contributed by atoms with van der Waals surface area (Å²) < 4.78 is 15.9. The highest BCUT2D eigenvalue weighted by atomic mass is 35.5. The summed E-state index contributed by atoms with van der Waals surface area (Å²) in [5, 5.41) is 7.19. The number of nitrogens with one attached hydrogen (secondary N) is 2. The Balaban J connectivity index is 2.53. The third-order valence-electron chi connectivity index (χ3n) is 2.78. The van der Waals surface area contributed by atoms with E-state index in [0.717, 1.165) is 13.0 Å². The van der Waals surface area contributed by atoms with Gasteiger partial charge in [-0.1, -0.05) is 11.6 Å². The molecular formula is C15H23ClN2O3S. The lowest BCUT2D eigenvalue weighted by molar-refractivity contribution is 0.0777. The van der Waals surface area contributed by atoms with E-state index in [9.17, 15) is 0 Å². The van der Waals surface area contributed by atoms with Gasteiger partial charge in [-0.3, -0.25) is 0 Å². The molecule has 7 heteroatoms. The molecule has 1 rings (SSSR count). The fourth-order valence-corrected chi connectivity index (χ4v) is 2.16. The SMILES string of the molecule is COc1cc(NC(=S)NCCCOC(C)C)c(OC)cc1Cl. The van der Waals surface area contributed by atoms with Crippen LogP contribution in [0.5, 0.6) is 11.5 Å². The Labute approximate surface area is 142 Å². The lowest BCUT2D eigenvalue weighted by Gasteiger charge is -2.15. The Hall–Kier alpha value is -1.24. The van der Waals surface area contributed by atoms with Crippen LogP contribution in [0.2, 0.25) is 5.02 Å². The van der Waals surface area contributed by atoms with Gasteiger partial charge in [0, 0.05) is 25.3 Å². The molecule has 2 N–H and O–H groups in total. The molecule has 0 unspecified atom stereocenters. The van der Waals surface area contributed by atoms with Crippen molar-refractivity contribution in [3.05, 3.63) is 17.2 Å². The number of anilines is 1. The van der Waals surface area contributed by atoms with Crippen LogP contribution >= 0.6 is 23.8 Å². The average Bonchev–Trinajstić information content (AvgIpc) is 2.47. The molecule has 22 heavy (non-hydrogen) atoms. The minimum absolute atomic E-state index is 0.246. The molecule has 0 spiro atoms. The second-order valence-electron chi connectivity index (χ2n) is 4.84. The van der Waals surface area contributed by atoms with Gasteiger partial charge in [-0.05, 0) is 32.5 Å². The Kier molecular flexibility index (Phi) is 8.30. The molecule has 0 aliphatic carbocycles. The van der Waals surface area contributed by atoms with E-state index in [2.05, 4.69) is 10.6 Å². The van der Waals surface area contributed by atoms with Gasteiger partial charge < -0.3 is 24.8 Å². The average molecular weight is 347 g/mol. The Morgan fingerprint density at radius 1 is 1.23 bits per heavy atom. The quantitative estimate of drug-likeness (QED) is 0.555. The first-order valence-corrected chi connectivity index (χ1v) is 7.84. The van der Waals surface area contributed by atoms with Crippen molar-refractivity contribution in [1.82, 2.24) is 5.32 Å². The van der Waals surface area contributed by atoms with E-state index < -0.39 is 0 Å². The zero-order valence-corrected chi connectivity index (χ0v) is 14.9. The molecule has 5 nitrogen and oxygen atoms in total. The summed E-state index contributed by atoms with van der Waals surface area (Å²) in [7, 11) is 3.13. The zero-order chi connectivity index (χ0) is 16.5. The summed E-state index contributed by atoms with van der Waals surface area (Å²) >= 11 is 11.3. The molecule has 0 atom stereocenters.